The molecule has 2 aliphatic heterocycles. The number of esters is 2. The van der Waals surface area contributed by atoms with E-state index in [4.69, 9.17) is 9.47 Å². The molecule has 0 aliphatic carbocycles. The number of aliphatic hydroxyl groups is 1. The van der Waals surface area contributed by atoms with Gasteiger partial charge in [0.1, 0.15) is 6.04 Å². The first kappa shape index (κ1) is 20.2. The van der Waals surface area contributed by atoms with Crippen molar-refractivity contribution >= 4 is 22.8 Å². The van der Waals surface area contributed by atoms with Crippen LogP contribution in [0.3, 0.4) is 0 Å². The van der Waals surface area contributed by atoms with Crippen LogP contribution in [0.1, 0.15) is 30.6 Å². The number of fused-ring (bicyclic) bond motifs is 6. The molecule has 1 aromatic heterocycles. The topological polar surface area (TPSA) is 81.0 Å². The largest absolute Gasteiger partial charge is 0.467 e. The van der Waals surface area contributed by atoms with Crippen LogP contribution in [-0.4, -0.2) is 53.9 Å². The summed E-state index contributed by atoms with van der Waals surface area (Å²) in [5.41, 5.74) is 2.92. The number of hydrogen-bond donors (Lipinski definition) is 1. The molecule has 7 heteroatoms. The minimum atomic E-state index is -0.519. The Kier molecular flexibility index (Phi) is 5.63. The number of nitrogens with zero attached hydrogens (tertiary/aromatic N) is 2. The maximum atomic E-state index is 12.9. The van der Waals surface area contributed by atoms with E-state index in [1.165, 1.54) is 20.3 Å². The van der Waals surface area contributed by atoms with E-state index in [0.29, 0.717) is 13.0 Å². The summed E-state index contributed by atoms with van der Waals surface area (Å²) >= 11 is 0. The number of rotatable bonds is 6. The van der Waals surface area contributed by atoms with E-state index < -0.39 is 12.0 Å². The van der Waals surface area contributed by atoms with E-state index >= 15 is 0 Å². The molecule has 3 heterocycles. The summed E-state index contributed by atoms with van der Waals surface area (Å²) in [7, 11) is 2.74. The summed E-state index contributed by atoms with van der Waals surface area (Å²) in [4.78, 5) is 26.8. The van der Waals surface area contributed by atoms with Crippen LogP contribution < -0.4 is 0 Å². The van der Waals surface area contributed by atoms with Crippen molar-refractivity contribution in [2.45, 2.75) is 24.9 Å². The Morgan fingerprint density at radius 3 is 2.77 bits per heavy atom. The van der Waals surface area contributed by atoms with Crippen LogP contribution >= 0.6 is 0 Å². The lowest BCUT2D eigenvalue weighted by atomic mass is 9.78. The number of ether oxygens (including phenoxy) is 2. The highest BCUT2D eigenvalue weighted by atomic mass is 16.5. The predicted molar refractivity (Wildman–Crippen MR) is 111 cm³/mol. The highest BCUT2D eigenvalue weighted by Crippen LogP contribution is 2.49. The van der Waals surface area contributed by atoms with Crippen LogP contribution in [-0.2, 0) is 19.1 Å². The van der Waals surface area contributed by atoms with Gasteiger partial charge in [0.25, 0.3) is 0 Å². The van der Waals surface area contributed by atoms with Gasteiger partial charge >= 0.3 is 11.9 Å². The highest BCUT2D eigenvalue weighted by Gasteiger charge is 2.45. The summed E-state index contributed by atoms with van der Waals surface area (Å²) in [5.74, 6) is -0.892. The lowest BCUT2D eigenvalue weighted by Gasteiger charge is -2.46. The number of aliphatic hydroxyl groups excluding tert-OH is 1. The van der Waals surface area contributed by atoms with Crippen molar-refractivity contribution in [1.82, 2.24) is 9.47 Å². The number of carbonyl (C=O) groups is 2. The van der Waals surface area contributed by atoms with Gasteiger partial charge in [-0.2, -0.15) is 0 Å². The van der Waals surface area contributed by atoms with Gasteiger partial charge in [0.2, 0.25) is 0 Å². The van der Waals surface area contributed by atoms with Crippen LogP contribution in [0.25, 0.3) is 10.9 Å². The molecule has 1 unspecified atom stereocenters. The lowest BCUT2D eigenvalue weighted by Crippen LogP contribution is -2.43. The molecule has 2 bridgehead atoms. The van der Waals surface area contributed by atoms with Crippen molar-refractivity contribution in [3.05, 3.63) is 60.0 Å². The first-order valence-corrected chi connectivity index (χ1v) is 10.1. The molecule has 0 saturated heterocycles. The first-order valence-electron chi connectivity index (χ1n) is 10.1. The first-order chi connectivity index (χ1) is 14.6. The predicted octanol–water partition coefficient (Wildman–Crippen LogP) is 2.73. The maximum Gasteiger partial charge on any atom is 0.330 e. The van der Waals surface area contributed by atoms with Gasteiger partial charge in [-0.1, -0.05) is 18.2 Å². The number of aromatic nitrogens is 1. The van der Waals surface area contributed by atoms with Crippen molar-refractivity contribution in [2.24, 2.45) is 5.92 Å². The second-order valence-corrected chi connectivity index (χ2v) is 7.62. The Balaban J connectivity index is 1.87. The molecule has 1 N–H and O–H groups in total. The van der Waals surface area contributed by atoms with Gasteiger partial charge < -0.3 is 24.0 Å². The zero-order chi connectivity index (χ0) is 21.3. The second-order valence-electron chi connectivity index (χ2n) is 7.62. The zero-order valence-corrected chi connectivity index (χ0v) is 17.2. The molecule has 3 atom stereocenters. The number of allylic oxidation sites excluding steroid dienone is 2. The van der Waals surface area contributed by atoms with Gasteiger partial charge in [-0.3, -0.25) is 0 Å². The Bertz CT molecular complexity index is 1020. The molecule has 30 heavy (non-hydrogen) atoms. The van der Waals surface area contributed by atoms with E-state index in [9.17, 15) is 14.7 Å². The van der Waals surface area contributed by atoms with Gasteiger partial charge in [0.05, 0.1) is 20.3 Å². The van der Waals surface area contributed by atoms with Crippen molar-refractivity contribution < 1.29 is 24.2 Å². The van der Waals surface area contributed by atoms with Gasteiger partial charge in [0, 0.05) is 42.6 Å². The zero-order valence-electron chi connectivity index (χ0n) is 17.2. The summed E-state index contributed by atoms with van der Waals surface area (Å²) in [6.45, 7) is 0.773. The van der Waals surface area contributed by atoms with E-state index in [1.807, 2.05) is 30.5 Å². The third-order valence-corrected chi connectivity index (χ3v) is 6.03. The van der Waals surface area contributed by atoms with Crippen LogP contribution in [0.4, 0.5) is 0 Å². The number of hydrogen-bond acceptors (Lipinski definition) is 6. The average molecular weight is 410 g/mol. The minimum Gasteiger partial charge on any atom is -0.467 e. The molecule has 0 amide bonds. The summed E-state index contributed by atoms with van der Waals surface area (Å²) in [6, 6.07) is 9.71. The van der Waals surface area contributed by atoms with Gasteiger partial charge in [-0.15, -0.1) is 0 Å². The molecule has 4 rings (SSSR count). The molecular weight excluding hydrogens is 384 g/mol. The Labute approximate surface area is 175 Å². The van der Waals surface area contributed by atoms with E-state index in [0.717, 1.165) is 28.6 Å². The molecule has 0 fully saturated rings. The van der Waals surface area contributed by atoms with E-state index in [1.54, 1.807) is 6.08 Å². The van der Waals surface area contributed by atoms with E-state index in [2.05, 4.69) is 15.5 Å². The van der Waals surface area contributed by atoms with Gasteiger partial charge in [0.15, 0.2) is 0 Å². The van der Waals surface area contributed by atoms with Crippen LogP contribution in [0.15, 0.2) is 54.3 Å². The summed E-state index contributed by atoms with van der Waals surface area (Å²) < 4.78 is 12.0. The van der Waals surface area contributed by atoms with Gasteiger partial charge in [-0.25, -0.2) is 9.59 Å². The standard InChI is InChI=1S/C23H26N2O5/c1-29-21(27)9-8-16-14-24(10-5-11-26)19-13-17(16)22(23(28)30-2)25-18-7-4-3-6-15(18)12-20(19)25/h3-4,6-9,12,14,17,19,22,26H,5,10-11,13H2,1-2H3/b9-8+/t17-,19-,22?/m0/s1. The number of para-hydroxylation sites is 1. The second kappa shape index (κ2) is 8.36. The third kappa shape index (κ3) is 3.39. The monoisotopic (exact) mass is 410 g/mol. The molecule has 2 aromatic rings. The van der Waals surface area contributed by atoms with Crippen molar-refractivity contribution in [3.63, 3.8) is 0 Å². The molecule has 0 radical (unpaired) electrons. The number of methoxy groups -OCH3 is 2. The minimum absolute atomic E-state index is 0.0742. The molecule has 0 spiro atoms. The van der Waals surface area contributed by atoms with Crippen molar-refractivity contribution in [3.8, 4) is 0 Å². The number of carbonyl (C=O) groups excluding carboxylic acids is 2. The Morgan fingerprint density at radius 1 is 1.23 bits per heavy atom. The Hall–Kier alpha value is -3.06. The van der Waals surface area contributed by atoms with Gasteiger partial charge in [-0.05, 0) is 42.0 Å². The summed E-state index contributed by atoms with van der Waals surface area (Å²) in [6.07, 6.45) is 6.47. The SMILES string of the molecule is COC(=O)/C=C/C1=CN(CCCO)[C@H]2C[C@@H]1C(C(=O)OC)n1c2cc2ccccc21. The normalized spacial score (nSPS) is 22.7. The van der Waals surface area contributed by atoms with E-state index in [-0.39, 0.29) is 24.5 Å². The maximum absolute atomic E-state index is 12.9. The summed E-state index contributed by atoms with van der Waals surface area (Å²) in [5, 5.41) is 10.4. The third-order valence-electron chi connectivity index (χ3n) is 6.03. The quantitative estimate of drug-likeness (QED) is 0.583. The fraction of sp³-hybridized carbons (Fsp3) is 0.391. The van der Waals surface area contributed by atoms with Crippen molar-refractivity contribution in [2.75, 3.05) is 27.4 Å². The molecule has 7 nitrogen and oxygen atoms in total. The molecule has 1 aromatic carbocycles. The molecule has 158 valence electrons. The fourth-order valence-electron chi connectivity index (χ4n) is 4.70. The molecule has 0 saturated carbocycles. The van der Waals surface area contributed by atoms with Crippen molar-refractivity contribution in [1.29, 1.82) is 0 Å². The smallest absolute Gasteiger partial charge is 0.330 e. The molecule has 2 aliphatic rings. The highest BCUT2D eigenvalue weighted by molar-refractivity contribution is 5.86. The molecular formula is C23H26N2O5. The lowest BCUT2D eigenvalue weighted by molar-refractivity contribution is -0.147. The fourth-order valence-corrected chi connectivity index (χ4v) is 4.70. The van der Waals surface area contributed by atoms with Crippen LogP contribution in [0, 0.1) is 5.92 Å². The Morgan fingerprint density at radius 2 is 2.03 bits per heavy atom. The average Bonchev–Trinajstić information content (AvgIpc) is 3.16. The number of benzene rings is 1. The van der Waals surface area contributed by atoms with Crippen LogP contribution in [0.5, 0.6) is 0 Å². The van der Waals surface area contributed by atoms with Crippen LogP contribution in [0.2, 0.25) is 0 Å².